The van der Waals surface area contributed by atoms with Crippen molar-refractivity contribution in [3.05, 3.63) is 0 Å². The maximum Gasteiger partial charge on any atom is 0.230 e. The van der Waals surface area contributed by atoms with Crippen LogP contribution in [-0.2, 0) is 4.43 Å². The highest BCUT2D eigenvalue weighted by atomic mass is 28.2. The average Bonchev–Trinajstić information content (AvgIpc) is 2.23. The first-order chi connectivity index (χ1) is 6.68. The molecule has 0 atom stereocenters. The van der Waals surface area contributed by atoms with Gasteiger partial charge in [0.05, 0.1) is 5.60 Å². The highest BCUT2D eigenvalue weighted by Gasteiger charge is 2.19. The minimum atomic E-state index is 0.117. The van der Waals surface area contributed by atoms with Gasteiger partial charge in [0.1, 0.15) is 0 Å². The van der Waals surface area contributed by atoms with Gasteiger partial charge in [0.25, 0.3) is 0 Å². The van der Waals surface area contributed by atoms with Crippen LogP contribution in [0.1, 0.15) is 52.9 Å². The Kier molecular flexibility index (Phi) is 8.53. The third-order valence-corrected chi connectivity index (χ3v) is 3.99. The molecule has 2 radical (unpaired) electrons. The van der Waals surface area contributed by atoms with E-state index in [1.165, 1.54) is 18.9 Å². The molecule has 2 N–H and O–H groups in total. The molecule has 0 saturated carbocycles. The van der Waals surface area contributed by atoms with Gasteiger partial charge in [0.2, 0.25) is 9.76 Å². The van der Waals surface area contributed by atoms with Gasteiger partial charge in [-0.05, 0) is 38.8 Å². The van der Waals surface area contributed by atoms with Crippen molar-refractivity contribution in [1.82, 2.24) is 0 Å². The summed E-state index contributed by atoms with van der Waals surface area (Å²) in [6.45, 7) is 7.43. The molecule has 0 rings (SSSR count). The lowest BCUT2D eigenvalue weighted by Crippen LogP contribution is -2.28. The summed E-state index contributed by atoms with van der Waals surface area (Å²) in [5.74, 6) is 0. The number of hydrogen-bond acceptors (Lipinski definition) is 2. The van der Waals surface area contributed by atoms with E-state index in [2.05, 4.69) is 20.8 Å². The normalized spacial score (nSPS) is 12.0. The van der Waals surface area contributed by atoms with Crippen molar-refractivity contribution >= 4 is 9.76 Å². The van der Waals surface area contributed by atoms with Gasteiger partial charge in [-0.25, -0.2) is 0 Å². The summed E-state index contributed by atoms with van der Waals surface area (Å²) < 4.78 is 5.90. The molecule has 0 aromatic rings. The lowest BCUT2D eigenvalue weighted by Gasteiger charge is -2.27. The fourth-order valence-corrected chi connectivity index (χ4v) is 2.27. The number of hydrogen-bond donors (Lipinski definition) is 1. The van der Waals surface area contributed by atoms with E-state index in [-0.39, 0.29) is 5.60 Å². The first-order valence-electron chi connectivity index (χ1n) is 5.79. The Bertz CT molecular complexity index is 126. The third kappa shape index (κ3) is 6.57. The van der Waals surface area contributed by atoms with Crippen molar-refractivity contribution in [2.75, 3.05) is 6.54 Å². The van der Waals surface area contributed by atoms with Crippen molar-refractivity contribution in [3.63, 3.8) is 0 Å². The highest BCUT2D eigenvalue weighted by molar-refractivity contribution is 6.27. The standard InChI is InChI=1S/C11H25NOSi/c1-4-11(3,5-2)13-14-10-8-6-7-9-12/h4-10,12H2,1-3H3. The van der Waals surface area contributed by atoms with Gasteiger partial charge >= 0.3 is 0 Å². The van der Waals surface area contributed by atoms with E-state index >= 15 is 0 Å². The van der Waals surface area contributed by atoms with Gasteiger partial charge in [-0.3, -0.25) is 0 Å². The lowest BCUT2D eigenvalue weighted by molar-refractivity contribution is 0.0850. The van der Waals surface area contributed by atoms with Crippen molar-refractivity contribution in [2.45, 2.75) is 64.5 Å². The summed E-state index contributed by atoms with van der Waals surface area (Å²) in [6.07, 6.45) is 5.89. The van der Waals surface area contributed by atoms with Crippen LogP contribution in [0.2, 0.25) is 6.04 Å². The van der Waals surface area contributed by atoms with Crippen molar-refractivity contribution < 1.29 is 4.43 Å². The third-order valence-electron chi connectivity index (χ3n) is 2.80. The SMILES string of the molecule is CCC(C)(CC)O[Si]CCCCCN. The van der Waals surface area contributed by atoms with Gasteiger partial charge in [-0.2, -0.15) is 0 Å². The van der Waals surface area contributed by atoms with E-state index in [9.17, 15) is 0 Å². The van der Waals surface area contributed by atoms with Gasteiger partial charge in [-0.1, -0.05) is 26.7 Å². The Morgan fingerprint density at radius 3 is 2.29 bits per heavy atom. The molecule has 0 aliphatic carbocycles. The maximum atomic E-state index is 5.90. The van der Waals surface area contributed by atoms with E-state index in [0.717, 1.165) is 25.8 Å². The van der Waals surface area contributed by atoms with Gasteiger partial charge in [0.15, 0.2) is 0 Å². The van der Waals surface area contributed by atoms with Crippen LogP contribution in [0.3, 0.4) is 0 Å². The van der Waals surface area contributed by atoms with Crippen LogP contribution in [0.15, 0.2) is 0 Å². The van der Waals surface area contributed by atoms with Gasteiger partial charge in [-0.15, -0.1) is 0 Å². The van der Waals surface area contributed by atoms with E-state index in [1.54, 1.807) is 0 Å². The van der Waals surface area contributed by atoms with Crippen molar-refractivity contribution in [1.29, 1.82) is 0 Å². The summed E-state index contributed by atoms with van der Waals surface area (Å²) in [5, 5.41) is 0. The molecule has 3 heteroatoms. The zero-order valence-electron chi connectivity index (χ0n) is 9.94. The Hall–Kier alpha value is 0.137. The van der Waals surface area contributed by atoms with E-state index in [0.29, 0.717) is 9.76 Å². The molecule has 0 amide bonds. The van der Waals surface area contributed by atoms with Crippen LogP contribution in [-0.4, -0.2) is 21.9 Å². The number of nitrogens with two attached hydrogens (primary N) is 1. The van der Waals surface area contributed by atoms with Crippen LogP contribution in [0, 0.1) is 0 Å². The molecular formula is C11H25NOSi. The van der Waals surface area contributed by atoms with E-state index in [4.69, 9.17) is 10.2 Å². The summed E-state index contributed by atoms with van der Waals surface area (Å²) in [5.41, 5.74) is 5.54. The fourth-order valence-electron chi connectivity index (χ4n) is 1.14. The minimum Gasteiger partial charge on any atom is -0.412 e. The molecule has 0 spiro atoms. The minimum absolute atomic E-state index is 0.117. The largest absolute Gasteiger partial charge is 0.412 e. The van der Waals surface area contributed by atoms with E-state index < -0.39 is 0 Å². The molecule has 0 saturated heterocycles. The Balaban J connectivity index is 3.34. The summed E-state index contributed by atoms with van der Waals surface area (Å²) in [4.78, 5) is 0. The molecular weight excluding hydrogens is 190 g/mol. The van der Waals surface area contributed by atoms with Gasteiger partial charge in [0, 0.05) is 0 Å². The molecule has 0 aliphatic heterocycles. The van der Waals surface area contributed by atoms with Crippen LogP contribution < -0.4 is 5.73 Å². The lowest BCUT2D eigenvalue weighted by atomic mass is 10.0. The first-order valence-corrected chi connectivity index (χ1v) is 6.91. The quantitative estimate of drug-likeness (QED) is 0.474. The molecule has 2 nitrogen and oxygen atoms in total. The number of rotatable bonds is 9. The van der Waals surface area contributed by atoms with Crippen molar-refractivity contribution in [2.24, 2.45) is 5.73 Å². The average molecular weight is 215 g/mol. The molecule has 0 bridgehead atoms. The molecule has 84 valence electrons. The summed E-state index contributed by atoms with van der Waals surface area (Å²) in [6, 6.07) is 1.20. The Morgan fingerprint density at radius 2 is 1.79 bits per heavy atom. The predicted molar refractivity (Wildman–Crippen MR) is 63.5 cm³/mol. The van der Waals surface area contributed by atoms with Crippen LogP contribution >= 0.6 is 0 Å². The maximum absolute atomic E-state index is 5.90. The monoisotopic (exact) mass is 215 g/mol. The van der Waals surface area contributed by atoms with Crippen LogP contribution in [0.4, 0.5) is 0 Å². The molecule has 14 heavy (non-hydrogen) atoms. The molecule has 0 fully saturated rings. The first kappa shape index (κ1) is 14.1. The molecule has 0 unspecified atom stereocenters. The number of unbranched alkanes of at least 4 members (excludes halogenated alkanes) is 2. The fraction of sp³-hybridized carbons (Fsp3) is 1.00. The second-order valence-electron chi connectivity index (χ2n) is 4.00. The Morgan fingerprint density at radius 1 is 1.14 bits per heavy atom. The van der Waals surface area contributed by atoms with Crippen LogP contribution in [0.5, 0.6) is 0 Å². The molecule has 0 heterocycles. The van der Waals surface area contributed by atoms with E-state index in [1.807, 2.05) is 0 Å². The smallest absolute Gasteiger partial charge is 0.230 e. The second-order valence-corrected chi connectivity index (χ2v) is 5.00. The summed E-state index contributed by atoms with van der Waals surface area (Å²) >= 11 is 0. The zero-order chi connectivity index (χ0) is 10.9. The molecule has 0 aromatic heterocycles. The molecule has 0 aliphatic rings. The Labute approximate surface area is 91.5 Å². The highest BCUT2D eigenvalue weighted by Crippen LogP contribution is 2.19. The van der Waals surface area contributed by atoms with Crippen LogP contribution in [0.25, 0.3) is 0 Å². The predicted octanol–water partition coefficient (Wildman–Crippen LogP) is 2.75. The van der Waals surface area contributed by atoms with Crippen molar-refractivity contribution in [3.8, 4) is 0 Å². The van der Waals surface area contributed by atoms with Gasteiger partial charge < -0.3 is 10.2 Å². The molecule has 0 aromatic carbocycles. The second kappa shape index (κ2) is 8.45. The zero-order valence-corrected chi connectivity index (χ0v) is 10.9. The summed E-state index contributed by atoms with van der Waals surface area (Å²) in [7, 11) is 0.668. The topological polar surface area (TPSA) is 35.2 Å².